The lowest BCUT2D eigenvalue weighted by Gasteiger charge is -2.32. The SMILES string of the molecule is COc1ccc(B2OC(C)(C)C(C)(C)O2)c(N)c1C. The van der Waals surface area contributed by atoms with Crippen molar-refractivity contribution >= 4 is 18.3 Å². The Morgan fingerprint density at radius 3 is 2.11 bits per heavy atom. The fraction of sp³-hybridized carbons (Fsp3) is 0.571. The van der Waals surface area contributed by atoms with Crippen LogP contribution in [0.2, 0.25) is 0 Å². The second kappa shape index (κ2) is 4.42. The van der Waals surface area contributed by atoms with Gasteiger partial charge in [0.2, 0.25) is 0 Å². The summed E-state index contributed by atoms with van der Waals surface area (Å²) in [5.41, 5.74) is 7.88. The molecule has 1 saturated heterocycles. The number of nitrogens with two attached hydrogens (primary N) is 1. The van der Waals surface area contributed by atoms with E-state index in [1.165, 1.54) is 0 Å². The van der Waals surface area contributed by atoms with Gasteiger partial charge in [0.25, 0.3) is 0 Å². The van der Waals surface area contributed by atoms with Crippen LogP contribution in [0.1, 0.15) is 33.3 Å². The van der Waals surface area contributed by atoms with E-state index in [1.807, 2.05) is 46.8 Å². The van der Waals surface area contributed by atoms with Crippen molar-refractivity contribution in [2.75, 3.05) is 12.8 Å². The highest BCUT2D eigenvalue weighted by Gasteiger charge is 2.52. The number of anilines is 1. The number of ether oxygens (including phenoxy) is 1. The Hall–Kier alpha value is -1.20. The van der Waals surface area contributed by atoms with Crippen molar-refractivity contribution in [2.24, 2.45) is 0 Å². The van der Waals surface area contributed by atoms with Crippen LogP contribution in [0.25, 0.3) is 0 Å². The summed E-state index contributed by atoms with van der Waals surface area (Å²) in [6, 6.07) is 3.80. The molecule has 0 atom stereocenters. The number of hydrogen-bond donors (Lipinski definition) is 1. The third-order valence-corrected chi connectivity index (χ3v) is 4.23. The van der Waals surface area contributed by atoms with Crippen LogP contribution in [0.5, 0.6) is 5.75 Å². The lowest BCUT2D eigenvalue weighted by atomic mass is 9.77. The summed E-state index contributed by atoms with van der Waals surface area (Å²) in [4.78, 5) is 0. The Balaban J connectivity index is 2.38. The van der Waals surface area contributed by atoms with Gasteiger partial charge in [-0.3, -0.25) is 0 Å². The van der Waals surface area contributed by atoms with Crippen molar-refractivity contribution in [3.63, 3.8) is 0 Å². The molecule has 1 aromatic carbocycles. The normalized spacial score (nSPS) is 20.6. The van der Waals surface area contributed by atoms with Gasteiger partial charge < -0.3 is 19.8 Å². The molecule has 0 radical (unpaired) electrons. The molecule has 1 aromatic rings. The third kappa shape index (κ3) is 2.21. The summed E-state index contributed by atoms with van der Waals surface area (Å²) < 4.78 is 17.3. The summed E-state index contributed by atoms with van der Waals surface area (Å²) in [6.45, 7) is 10.0. The lowest BCUT2D eigenvalue weighted by molar-refractivity contribution is 0.00578. The van der Waals surface area contributed by atoms with Crippen molar-refractivity contribution in [1.29, 1.82) is 0 Å². The van der Waals surface area contributed by atoms with Crippen LogP contribution in [-0.4, -0.2) is 25.4 Å². The van der Waals surface area contributed by atoms with Crippen molar-refractivity contribution in [3.8, 4) is 5.75 Å². The molecule has 0 bridgehead atoms. The van der Waals surface area contributed by atoms with Crippen LogP contribution in [-0.2, 0) is 9.31 Å². The van der Waals surface area contributed by atoms with Gasteiger partial charge in [-0.2, -0.15) is 0 Å². The van der Waals surface area contributed by atoms with E-state index in [9.17, 15) is 0 Å². The van der Waals surface area contributed by atoms with E-state index in [2.05, 4.69) is 0 Å². The lowest BCUT2D eigenvalue weighted by Crippen LogP contribution is -2.41. The first-order chi connectivity index (χ1) is 8.69. The molecule has 19 heavy (non-hydrogen) atoms. The Labute approximate surface area is 115 Å². The minimum absolute atomic E-state index is 0.363. The maximum absolute atomic E-state index is 6.18. The number of rotatable bonds is 2. The fourth-order valence-electron chi connectivity index (χ4n) is 2.13. The van der Waals surface area contributed by atoms with Gasteiger partial charge in [0.05, 0.1) is 18.3 Å². The van der Waals surface area contributed by atoms with Gasteiger partial charge in [-0.15, -0.1) is 0 Å². The number of hydrogen-bond acceptors (Lipinski definition) is 4. The molecule has 1 aliphatic heterocycles. The van der Waals surface area contributed by atoms with E-state index in [4.69, 9.17) is 19.8 Å². The molecular formula is C14H22BNO3. The summed E-state index contributed by atoms with van der Waals surface area (Å²) in [5, 5.41) is 0. The quantitative estimate of drug-likeness (QED) is 0.654. The largest absolute Gasteiger partial charge is 0.496 e. The fourth-order valence-corrected chi connectivity index (χ4v) is 2.13. The van der Waals surface area contributed by atoms with E-state index >= 15 is 0 Å². The highest BCUT2D eigenvalue weighted by molar-refractivity contribution is 6.64. The first-order valence-electron chi connectivity index (χ1n) is 6.48. The zero-order chi connectivity index (χ0) is 14.4. The van der Waals surface area contributed by atoms with Crippen molar-refractivity contribution < 1.29 is 14.0 Å². The number of nitrogen functional groups attached to an aromatic ring is 1. The van der Waals surface area contributed by atoms with Crippen molar-refractivity contribution in [3.05, 3.63) is 17.7 Å². The predicted molar refractivity (Wildman–Crippen MR) is 77.9 cm³/mol. The Morgan fingerprint density at radius 1 is 1.11 bits per heavy atom. The van der Waals surface area contributed by atoms with Gasteiger partial charge >= 0.3 is 7.12 Å². The molecule has 0 aromatic heterocycles. The second-order valence-corrected chi connectivity index (χ2v) is 5.98. The molecule has 1 fully saturated rings. The van der Waals surface area contributed by atoms with Crippen molar-refractivity contribution in [2.45, 2.75) is 45.8 Å². The average Bonchev–Trinajstić information content (AvgIpc) is 2.51. The van der Waals surface area contributed by atoms with Gasteiger partial charge in [-0.1, -0.05) is 6.07 Å². The van der Waals surface area contributed by atoms with Crippen LogP contribution in [0.15, 0.2) is 12.1 Å². The van der Waals surface area contributed by atoms with E-state index < -0.39 is 7.12 Å². The molecule has 4 nitrogen and oxygen atoms in total. The average molecular weight is 263 g/mol. The van der Waals surface area contributed by atoms with Gasteiger partial charge in [0, 0.05) is 16.7 Å². The molecule has 1 aliphatic rings. The maximum atomic E-state index is 6.18. The van der Waals surface area contributed by atoms with E-state index in [0.717, 1.165) is 16.8 Å². The molecule has 104 valence electrons. The first-order valence-corrected chi connectivity index (χ1v) is 6.48. The molecule has 2 rings (SSSR count). The minimum atomic E-state index is -0.436. The zero-order valence-electron chi connectivity index (χ0n) is 12.5. The van der Waals surface area contributed by atoms with Crippen LogP contribution in [0, 0.1) is 6.92 Å². The molecule has 1 heterocycles. The Bertz CT molecular complexity index is 484. The third-order valence-electron chi connectivity index (χ3n) is 4.23. The standard InChI is InChI=1S/C14H22BNO3/c1-9-11(17-6)8-7-10(12(9)16)15-18-13(2,3)14(4,5)19-15/h7-8H,16H2,1-6H3. The zero-order valence-corrected chi connectivity index (χ0v) is 12.5. The molecule has 0 aliphatic carbocycles. The Kier molecular flexibility index (Phi) is 3.31. The van der Waals surface area contributed by atoms with E-state index in [0.29, 0.717) is 5.69 Å². The molecule has 0 amide bonds. The molecule has 0 spiro atoms. The van der Waals surface area contributed by atoms with Crippen LogP contribution in [0.3, 0.4) is 0 Å². The number of methoxy groups -OCH3 is 1. The summed E-state index contributed by atoms with van der Waals surface area (Å²) >= 11 is 0. The summed E-state index contributed by atoms with van der Waals surface area (Å²) in [5.74, 6) is 0.776. The Morgan fingerprint density at radius 2 is 1.63 bits per heavy atom. The molecular weight excluding hydrogens is 241 g/mol. The van der Waals surface area contributed by atoms with Crippen LogP contribution in [0.4, 0.5) is 5.69 Å². The monoisotopic (exact) mass is 263 g/mol. The number of benzene rings is 1. The topological polar surface area (TPSA) is 53.7 Å². The molecule has 0 saturated carbocycles. The van der Waals surface area contributed by atoms with Gasteiger partial charge in [0.1, 0.15) is 5.75 Å². The first kappa shape index (κ1) is 14.2. The maximum Gasteiger partial charge on any atom is 0.496 e. The van der Waals surface area contributed by atoms with Crippen molar-refractivity contribution in [1.82, 2.24) is 0 Å². The molecule has 5 heteroatoms. The predicted octanol–water partition coefficient (Wildman–Crippen LogP) is 1.89. The van der Waals surface area contributed by atoms with Gasteiger partial charge in [-0.05, 0) is 40.7 Å². The summed E-state index contributed by atoms with van der Waals surface area (Å²) in [6.07, 6.45) is 0. The van der Waals surface area contributed by atoms with Gasteiger partial charge in [0.15, 0.2) is 0 Å². The van der Waals surface area contributed by atoms with E-state index in [-0.39, 0.29) is 11.2 Å². The van der Waals surface area contributed by atoms with Gasteiger partial charge in [-0.25, -0.2) is 0 Å². The minimum Gasteiger partial charge on any atom is -0.496 e. The van der Waals surface area contributed by atoms with Crippen LogP contribution < -0.4 is 15.9 Å². The highest BCUT2D eigenvalue weighted by atomic mass is 16.7. The molecule has 2 N–H and O–H groups in total. The molecule has 0 unspecified atom stereocenters. The second-order valence-electron chi connectivity index (χ2n) is 5.98. The smallest absolute Gasteiger partial charge is 0.496 e. The highest BCUT2D eigenvalue weighted by Crippen LogP contribution is 2.37. The summed E-state index contributed by atoms with van der Waals surface area (Å²) in [7, 11) is 1.20. The van der Waals surface area contributed by atoms with E-state index in [1.54, 1.807) is 7.11 Å². The van der Waals surface area contributed by atoms with Crippen LogP contribution >= 0.6 is 0 Å².